The van der Waals surface area contributed by atoms with Crippen LogP contribution in [0.1, 0.15) is 19.4 Å². The minimum Gasteiger partial charge on any atom is -0.490 e. The Morgan fingerprint density at radius 1 is 1.14 bits per heavy atom. The lowest BCUT2D eigenvalue weighted by molar-refractivity contribution is -0.112. The van der Waals surface area contributed by atoms with Crippen LogP contribution in [-0.4, -0.2) is 25.7 Å². The number of carbonyl (C=O) groups excluding carboxylic acids is 1. The van der Waals surface area contributed by atoms with Crippen molar-refractivity contribution in [3.63, 3.8) is 0 Å². The summed E-state index contributed by atoms with van der Waals surface area (Å²) in [7, 11) is 0. The third-order valence-corrected chi connectivity index (χ3v) is 4.09. The Kier molecular flexibility index (Phi) is 8.87. The van der Waals surface area contributed by atoms with E-state index in [1.165, 1.54) is 6.20 Å². The van der Waals surface area contributed by atoms with Gasteiger partial charge in [0.1, 0.15) is 11.6 Å². The van der Waals surface area contributed by atoms with Crippen LogP contribution in [0.4, 0.5) is 5.69 Å². The SMILES string of the molecule is CCOc1ccc(CCN/C=C(/C#N)C(=O)Nc2cccc(Cl)c2)cc1OCC. The molecule has 0 spiro atoms. The minimum atomic E-state index is -0.498. The molecule has 0 heterocycles. The maximum atomic E-state index is 12.2. The molecule has 0 unspecified atom stereocenters. The minimum absolute atomic E-state index is 0.0216. The van der Waals surface area contributed by atoms with Crippen LogP contribution in [0, 0.1) is 11.3 Å². The van der Waals surface area contributed by atoms with Gasteiger partial charge in [0.25, 0.3) is 5.91 Å². The summed E-state index contributed by atoms with van der Waals surface area (Å²) in [6.07, 6.45) is 2.11. The molecule has 0 atom stereocenters. The molecular weight excluding hydrogens is 390 g/mol. The molecule has 2 aromatic rings. The Labute approximate surface area is 176 Å². The molecule has 0 aromatic heterocycles. The van der Waals surface area contributed by atoms with Gasteiger partial charge in [-0.1, -0.05) is 23.7 Å². The Bertz CT molecular complexity index is 906. The lowest BCUT2D eigenvalue weighted by atomic mass is 10.1. The molecule has 0 aliphatic rings. The fourth-order valence-electron chi connectivity index (χ4n) is 2.56. The second-order valence-corrected chi connectivity index (χ2v) is 6.42. The van der Waals surface area contributed by atoms with Crippen LogP contribution in [0.5, 0.6) is 11.5 Å². The summed E-state index contributed by atoms with van der Waals surface area (Å²) in [6.45, 7) is 5.52. The van der Waals surface area contributed by atoms with Crippen molar-refractivity contribution in [2.75, 3.05) is 25.1 Å². The first-order chi connectivity index (χ1) is 14.1. The molecule has 152 valence electrons. The van der Waals surface area contributed by atoms with E-state index < -0.39 is 5.91 Å². The highest BCUT2D eigenvalue weighted by Gasteiger charge is 2.10. The fourth-order valence-corrected chi connectivity index (χ4v) is 2.75. The number of nitriles is 1. The van der Waals surface area contributed by atoms with Crippen molar-refractivity contribution in [2.45, 2.75) is 20.3 Å². The lowest BCUT2D eigenvalue weighted by Gasteiger charge is -2.12. The molecule has 0 saturated carbocycles. The standard InChI is InChI=1S/C22H24ClN3O3/c1-3-28-20-9-8-16(12-21(20)29-4-2)10-11-25-15-17(14-24)22(27)26-19-7-5-6-18(23)13-19/h5-9,12-13,15,25H,3-4,10-11H2,1-2H3,(H,26,27)/b17-15-. The quantitative estimate of drug-likeness (QED) is 0.344. The van der Waals surface area contributed by atoms with E-state index in [2.05, 4.69) is 10.6 Å². The van der Waals surface area contributed by atoms with Gasteiger partial charge >= 0.3 is 0 Å². The highest BCUT2D eigenvalue weighted by atomic mass is 35.5. The molecule has 0 aliphatic carbocycles. The van der Waals surface area contributed by atoms with Crippen LogP contribution in [0.3, 0.4) is 0 Å². The third-order valence-electron chi connectivity index (χ3n) is 3.86. The summed E-state index contributed by atoms with van der Waals surface area (Å²) >= 11 is 5.90. The van der Waals surface area contributed by atoms with Crippen LogP contribution in [0.15, 0.2) is 54.2 Å². The number of ether oxygens (including phenoxy) is 2. The number of amides is 1. The van der Waals surface area contributed by atoms with E-state index in [-0.39, 0.29) is 5.57 Å². The molecule has 29 heavy (non-hydrogen) atoms. The number of benzene rings is 2. The molecule has 7 heteroatoms. The Morgan fingerprint density at radius 3 is 2.59 bits per heavy atom. The van der Waals surface area contributed by atoms with Gasteiger partial charge in [0.15, 0.2) is 11.5 Å². The lowest BCUT2D eigenvalue weighted by Crippen LogP contribution is -2.18. The van der Waals surface area contributed by atoms with Crippen molar-refractivity contribution in [2.24, 2.45) is 0 Å². The van der Waals surface area contributed by atoms with Crippen LogP contribution < -0.4 is 20.1 Å². The van der Waals surface area contributed by atoms with E-state index in [0.717, 1.165) is 11.3 Å². The van der Waals surface area contributed by atoms with Crippen LogP contribution in [0.25, 0.3) is 0 Å². The van der Waals surface area contributed by atoms with Crippen LogP contribution >= 0.6 is 11.6 Å². The maximum Gasteiger partial charge on any atom is 0.267 e. The number of nitrogens with zero attached hydrogens (tertiary/aromatic N) is 1. The molecule has 0 bridgehead atoms. The molecule has 2 aromatic carbocycles. The van der Waals surface area contributed by atoms with Gasteiger partial charge in [0.05, 0.1) is 13.2 Å². The highest BCUT2D eigenvalue weighted by Crippen LogP contribution is 2.28. The Balaban J connectivity index is 1.93. The Morgan fingerprint density at radius 2 is 1.90 bits per heavy atom. The van der Waals surface area contributed by atoms with Crippen LogP contribution in [-0.2, 0) is 11.2 Å². The summed E-state index contributed by atoms with van der Waals surface area (Å²) in [5.41, 5.74) is 1.56. The van der Waals surface area contributed by atoms with Gasteiger partial charge in [-0.2, -0.15) is 5.26 Å². The number of carbonyl (C=O) groups is 1. The van der Waals surface area contributed by atoms with E-state index in [9.17, 15) is 10.1 Å². The van der Waals surface area contributed by atoms with Gasteiger partial charge in [-0.25, -0.2) is 0 Å². The predicted molar refractivity (Wildman–Crippen MR) is 114 cm³/mol. The number of nitrogens with one attached hydrogen (secondary N) is 2. The summed E-state index contributed by atoms with van der Waals surface area (Å²) in [5.74, 6) is 0.929. The number of rotatable bonds is 10. The summed E-state index contributed by atoms with van der Waals surface area (Å²) in [5, 5.41) is 15.4. The molecule has 2 rings (SSSR count). The van der Waals surface area contributed by atoms with Crippen LogP contribution in [0.2, 0.25) is 5.02 Å². The molecule has 1 amide bonds. The van der Waals surface area contributed by atoms with Gasteiger partial charge < -0.3 is 20.1 Å². The molecule has 0 radical (unpaired) electrons. The second-order valence-electron chi connectivity index (χ2n) is 5.99. The van der Waals surface area contributed by atoms with E-state index >= 15 is 0 Å². The molecular formula is C22H24ClN3O3. The molecule has 0 fully saturated rings. The van der Waals surface area contributed by atoms with E-state index in [1.807, 2.05) is 38.1 Å². The first-order valence-electron chi connectivity index (χ1n) is 9.36. The third kappa shape index (κ3) is 7.05. The van der Waals surface area contributed by atoms with Crippen molar-refractivity contribution in [1.29, 1.82) is 5.26 Å². The van der Waals surface area contributed by atoms with Crippen molar-refractivity contribution < 1.29 is 14.3 Å². The normalized spacial score (nSPS) is 10.8. The fraction of sp³-hybridized carbons (Fsp3) is 0.273. The topological polar surface area (TPSA) is 83.4 Å². The van der Waals surface area contributed by atoms with E-state index in [1.54, 1.807) is 24.3 Å². The molecule has 6 nitrogen and oxygen atoms in total. The number of anilines is 1. The monoisotopic (exact) mass is 413 g/mol. The number of hydrogen-bond acceptors (Lipinski definition) is 5. The summed E-state index contributed by atoms with van der Waals surface area (Å²) in [4.78, 5) is 12.2. The van der Waals surface area contributed by atoms with Crippen molar-refractivity contribution >= 4 is 23.2 Å². The zero-order chi connectivity index (χ0) is 21.1. The highest BCUT2D eigenvalue weighted by molar-refractivity contribution is 6.31. The molecule has 2 N–H and O–H groups in total. The Hall–Kier alpha value is -3.17. The number of hydrogen-bond donors (Lipinski definition) is 2. The van der Waals surface area contributed by atoms with Gasteiger partial charge in [0, 0.05) is 23.5 Å². The smallest absolute Gasteiger partial charge is 0.267 e. The van der Waals surface area contributed by atoms with Gasteiger partial charge in [-0.15, -0.1) is 0 Å². The zero-order valence-corrected chi connectivity index (χ0v) is 17.3. The average Bonchev–Trinajstić information content (AvgIpc) is 2.70. The summed E-state index contributed by atoms with van der Waals surface area (Å²) < 4.78 is 11.2. The van der Waals surface area contributed by atoms with Crippen molar-refractivity contribution in [3.05, 3.63) is 64.8 Å². The summed E-state index contributed by atoms with van der Waals surface area (Å²) in [6, 6.07) is 14.4. The molecule has 0 saturated heterocycles. The number of halogens is 1. The van der Waals surface area contributed by atoms with Crippen molar-refractivity contribution in [1.82, 2.24) is 5.32 Å². The van der Waals surface area contributed by atoms with Gasteiger partial charge in [-0.05, 0) is 56.2 Å². The van der Waals surface area contributed by atoms with Gasteiger partial charge in [-0.3, -0.25) is 4.79 Å². The van der Waals surface area contributed by atoms with E-state index in [0.29, 0.717) is 42.6 Å². The largest absolute Gasteiger partial charge is 0.490 e. The first-order valence-corrected chi connectivity index (χ1v) is 9.74. The zero-order valence-electron chi connectivity index (χ0n) is 16.5. The molecule has 0 aliphatic heterocycles. The second kappa shape index (κ2) is 11.6. The average molecular weight is 414 g/mol. The van der Waals surface area contributed by atoms with Gasteiger partial charge in [0.2, 0.25) is 0 Å². The van der Waals surface area contributed by atoms with Crippen molar-refractivity contribution in [3.8, 4) is 17.6 Å². The maximum absolute atomic E-state index is 12.2. The first kappa shape index (κ1) is 22.1. The van der Waals surface area contributed by atoms with E-state index in [4.69, 9.17) is 21.1 Å². The predicted octanol–water partition coefficient (Wildman–Crippen LogP) is 4.32.